The third-order valence-electron chi connectivity index (χ3n) is 1.65. The molecule has 0 saturated heterocycles. The molecule has 0 fully saturated rings. The maximum atomic E-state index is 8.82. The van der Waals surface area contributed by atoms with Crippen molar-refractivity contribution in [1.82, 2.24) is 4.90 Å². The predicted octanol–water partition coefficient (Wildman–Crippen LogP) is 0.279. The van der Waals surface area contributed by atoms with Crippen molar-refractivity contribution >= 4 is 26.1 Å². The number of hydrogen-bond donors (Lipinski definition) is 0. The first-order valence-corrected chi connectivity index (χ1v) is 6.63. The van der Waals surface area contributed by atoms with Crippen LogP contribution < -0.4 is 13.1 Å². The van der Waals surface area contributed by atoms with E-state index in [-0.39, 0.29) is 0 Å². The third kappa shape index (κ3) is 5.80. The van der Waals surface area contributed by atoms with Crippen LogP contribution >= 0.6 is 0 Å². The van der Waals surface area contributed by atoms with Gasteiger partial charge in [0.15, 0.2) is 0 Å². The van der Waals surface area contributed by atoms with E-state index < -0.39 is 0 Å². The van der Waals surface area contributed by atoms with Crippen LogP contribution in [0, 0.1) is 11.3 Å². The number of benzene rings is 1. The Labute approximate surface area is 116 Å². The summed E-state index contributed by atoms with van der Waals surface area (Å²) in [7, 11) is 9.16. The van der Waals surface area contributed by atoms with E-state index in [9.17, 15) is 0 Å². The van der Waals surface area contributed by atoms with Gasteiger partial charge in [-0.3, -0.25) is 0 Å². The van der Waals surface area contributed by atoms with Gasteiger partial charge in [-0.05, 0) is 21.1 Å². The molecule has 0 aliphatic rings. The van der Waals surface area contributed by atoms with Gasteiger partial charge in [-0.15, -0.1) is 0 Å². The molecular weight excluding hydrogens is 323 g/mol. The molecule has 17 heavy (non-hydrogen) atoms. The van der Waals surface area contributed by atoms with E-state index >= 15 is 0 Å². The topological polar surface area (TPSA) is 45.5 Å². The first-order chi connectivity index (χ1) is 7.96. The van der Waals surface area contributed by atoms with Crippen molar-refractivity contribution in [1.29, 1.82) is 5.26 Å². The molecule has 0 aliphatic carbocycles. The van der Waals surface area contributed by atoms with E-state index in [0.29, 0.717) is 17.1 Å². The predicted molar refractivity (Wildman–Crippen MR) is 70.7 cm³/mol. The number of rotatable bonds is 2. The molecule has 0 aliphatic heterocycles. The summed E-state index contributed by atoms with van der Waals surface area (Å²) in [6, 6.07) is 5.65. The summed E-state index contributed by atoms with van der Waals surface area (Å²) in [6.45, 7) is 0. The van der Waals surface area contributed by atoms with E-state index in [4.69, 9.17) is 14.7 Å². The van der Waals surface area contributed by atoms with Crippen LogP contribution in [-0.2, 0) is 0 Å². The van der Waals surface area contributed by atoms with Gasteiger partial charge in [0.1, 0.15) is 0 Å². The Bertz CT molecular complexity index is 397. The van der Waals surface area contributed by atoms with Crippen LogP contribution in [0.15, 0.2) is 12.1 Å². The molecule has 4 nitrogen and oxygen atoms in total. The van der Waals surface area contributed by atoms with Gasteiger partial charge in [-0.25, -0.2) is 0 Å². The van der Waals surface area contributed by atoms with Crippen LogP contribution in [0.4, 0.5) is 0 Å². The molecule has 5 heteroatoms. The molecule has 0 unspecified atom stereocenters. The third-order valence-corrected chi connectivity index (χ3v) is 2.88. The first kappa shape index (κ1) is 16.1. The Balaban J connectivity index is 0.000000557. The van der Waals surface area contributed by atoms with Gasteiger partial charge < -0.3 is 4.90 Å². The zero-order chi connectivity index (χ0) is 13.4. The molecule has 0 atom stereocenters. The van der Waals surface area contributed by atoms with Crippen molar-refractivity contribution in [2.75, 3.05) is 35.4 Å². The zero-order valence-electron chi connectivity index (χ0n) is 10.9. The molecule has 0 aromatic heterocycles. The molecule has 92 valence electrons. The van der Waals surface area contributed by atoms with Crippen molar-refractivity contribution in [3.63, 3.8) is 0 Å². The Morgan fingerprint density at radius 2 is 1.71 bits per heavy atom. The van der Waals surface area contributed by atoms with Crippen molar-refractivity contribution in [3.05, 3.63) is 17.7 Å². The van der Waals surface area contributed by atoms with Gasteiger partial charge in [0.05, 0.1) is 0 Å². The van der Waals surface area contributed by atoms with Gasteiger partial charge >= 0.3 is 90.3 Å². The summed E-state index contributed by atoms with van der Waals surface area (Å²) < 4.78 is 11.2. The molecule has 0 heterocycles. The van der Waals surface area contributed by atoms with Crippen molar-refractivity contribution in [3.8, 4) is 17.6 Å². The van der Waals surface area contributed by atoms with Gasteiger partial charge in [0.25, 0.3) is 0 Å². The van der Waals surface area contributed by atoms with Crippen molar-refractivity contribution < 1.29 is 9.47 Å². The minimum atomic E-state index is 0.532. The zero-order valence-corrected chi connectivity index (χ0v) is 14.2. The number of nitrogens with zero attached hydrogens (tertiary/aromatic N) is 2. The second-order valence-electron chi connectivity index (χ2n) is 3.75. The Hall–Kier alpha value is -0.931. The standard InChI is InChI=1S/C9H8NO2.C3H9N.Sn.H/c1-11-8-3-4-9(12-2)7(5-8)6-10;1-4(2)3;;/h3,5H,1-2H3;1-3H3;;. The van der Waals surface area contributed by atoms with Crippen LogP contribution in [0.1, 0.15) is 5.56 Å². The molecule has 1 rings (SSSR count). The van der Waals surface area contributed by atoms with E-state index in [2.05, 4.69) is 6.07 Å². The molecule has 0 saturated carbocycles. The van der Waals surface area contributed by atoms with Gasteiger partial charge in [0.2, 0.25) is 0 Å². The summed E-state index contributed by atoms with van der Waals surface area (Å²) in [5, 5.41) is 8.82. The monoisotopic (exact) mass is 342 g/mol. The van der Waals surface area contributed by atoms with Crippen molar-refractivity contribution in [2.45, 2.75) is 0 Å². The number of hydrogen-bond acceptors (Lipinski definition) is 4. The summed E-state index contributed by atoms with van der Waals surface area (Å²) >= 11 is 0.902. The average molecular weight is 341 g/mol. The first-order valence-electron chi connectivity index (χ1n) is 4.98. The van der Waals surface area contributed by atoms with Crippen molar-refractivity contribution in [2.24, 2.45) is 0 Å². The van der Waals surface area contributed by atoms with Crippen LogP contribution in [0.25, 0.3) is 0 Å². The minimum absolute atomic E-state index is 0.532. The number of methoxy groups -OCH3 is 2. The van der Waals surface area contributed by atoms with Gasteiger partial charge in [-0.1, -0.05) is 0 Å². The fourth-order valence-electron chi connectivity index (χ4n) is 1.05. The maximum absolute atomic E-state index is 8.82. The van der Waals surface area contributed by atoms with E-state index in [0.717, 1.165) is 26.1 Å². The Morgan fingerprint density at radius 1 is 1.18 bits per heavy atom. The second kappa shape index (κ2) is 8.20. The van der Waals surface area contributed by atoms with E-state index in [1.807, 2.05) is 32.1 Å². The molecule has 2 radical (unpaired) electrons. The quantitative estimate of drug-likeness (QED) is 0.725. The van der Waals surface area contributed by atoms with E-state index in [1.165, 1.54) is 0 Å². The summed E-state index contributed by atoms with van der Waals surface area (Å²) in [4.78, 5) is 2.00. The Morgan fingerprint density at radius 3 is 2.06 bits per heavy atom. The Kier molecular flexibility index (Phi) is 7.75. The fraction of sp³-hybridized carbons (Fsp3) is 0.417. The summed E-state index contributed by atoms with van der Waals surface area (Å²) in [5.41, 5.74) is 0.532. The van der Waals surface area contributed by atoms with Crippen LogP contribution in [0.2, 0.25) is 0 Å². The fourth-order valence-corrected chi connectivity index (χ4v) is 2.30. The van der Waals surface area contributed by atoms with Gasteiger partial charge in [-0.2, -0.15) is 0 Å². The average Bonchev–Trinajstić information content (AvgIpc) is 2.27. The van der Waals surface area contributed by atoms with E-state index in [1.54, 1.807) is 20.3 Å². The van der Waals surface area contributed by atoms with Crippen LogP contribution in [-0.4, -0.2) is 62.8 Å². The SMILES string of the molecule is CN(C)C.COc1c[c]([SnH])c(OC)c(C#N)c1. The molecule has 1 aromatic rings. The molecule has 0 bridgehead atoms. The molecular formula is C12H18N2O2Sn. The molecule has 0 N–H and O–H groups in total. The number of ether oxygens (including phenoxy) is 2. The summed E-state index contributed by atoms with van der Waals surface area (Å²) in [5.74, 6) is 1.38. The van der Waals surface area contributed by atoms with Crippen LogP contribution in [0.3, 0.4) is 0 Å². The second-order valence-corrected chi connectivity index (χ2v) is 5.53. The van der Waals surface area contributed by atoms with Gasteiger partial charge in [0, 0.05) is 0 Å². The molecule has 0 spiro atoms. The summed E-state index contributed by atoms with van der Waals surface area (Å²) in [6.07, 6.45) is 0. The number of nitriles is 1. The molecule has 1 aromatic carbocycles. The van der Waals surface area contributed by atoms with Crippen LogP contribution in [0.5, 0.6) is 11.5 Å². The normalized spacial score (nSPS) is 9.06. The molecule has 0 amide bonds.